The molecule has 0 saturated carbocycles. The van der Waals surface area contributed by atoms with Crippen molar-refractivity contribution in [2.45, 2.75) is 19.4 Å². The Bertz CT molecular complexity index is 697. The Labute approximate surface area is 143 Å². The summed E-state index contributed by atoms with van der Waals surface area (Å²) in [6.07, 6.45) is -0.721. The van der Waals surface area contributed by atoms with Gasteiger partial charge < -0.3 is 9.47 Å². The number of carbonyl (C=O) groups is 2. The topological polar surface area (TPSA) is 52.6 Å². The molecule has 2 aromatic carbocycles. The first-order valence-electron chi connectivity index (χ1n) is 7.12. The fourth-order valence-corrected chi connectivity index (χ4v) is 2.70. The first-order valence-corrected chi connectivity index (χ1v) is 7.91. The fraction of sp³-hybridized carbons (Fsp3) is 0.222. The lowest BCUT2D eigenvalue weighted by Gasteiger charge is -2.13. The Morgan fingerprint density at radius 1 is 1.13 bits per heavy atom. The van der Waals surface area contributed by atoms with Gasteiger partial charge in [0.2, 0.25) is 5.78 Å². The summed E-state index contributed by atoms with van der Waals surface area (Å²) in [5, 5.41) is 0. The smallest absolute Gasteiger partial charge is 0.310 e. The van der Waals surface area contributed by atoms with E-state index < -0.39 is 12.1 Å². The Morgan fingerprint density at radius 3 is 2.43 bits per heavy atom. The number of rotatable bonds is 6. The summed E-state index contributed by atoms with van der Waals surface area (Å²) in [5.41, 5.74) is 1.31. The molecule has 0 amide bonds. The molecule has 0 aromatic heterocycles. The highest BCUT2D eigenvalue weighted by Crippen LogP contribution is 2.25. The van der Waals surface area contributed by atoms with E-state index in [0.717, 1.165) is 10.0 Å². The van der Waals surface area contributed by atoms with Crippen LogP contribution in [0.2, 0.25) is 0 Å². The lowest BCUT2D eigenvalue weighted by Crippen LogP contribution is -2.25. The van der Waals surface area contributed by atoms with E-state index in [-0.39, 0.29) is 12.2 Å². The summed E-state index contributed by atoms with van der Waals surface area (Å²) in [4.78, 5) is 24.2. The Hall–Kier alpha value is -2.14. The zero-order valence-corrected chi connectivity index (χ0v) is 14.5. The van der Waals surface area contributed by atoms with Gasteiger partial charge >= 0.3 is 5.97 Å². The van der Waals surface area contributed by atoms with Crippen LogP contribution in [0, 0.1) is 0 Å². The minimum atomic E-state index is -0.813. The average Bonchev–Trinajstić information content (AvgIpc) is 2.55. The molecule has 2 aromatic rings. The molecule has 1 atom stereocenters. The Balaban J connectivity index is 1.96. The molecule has 0 N–H and O–H groups in total. The van der Waals surface area contributed by atoms with Crippen LogP contribution in [-0.4, -0.2) is 25.0 Å². The maximum absolute atomic E-state index is 12.2. The highest BCUT2D eigenvalue weighted by atomic mass is 79.9. The number of benzene rings is 2. The molecule has 0 bridgehead atoms. The largest absolute Gasteiger partial charge is 0.496 e. The molecule has 0 fully saturated rings. The van der Waals surface area contributed by atoms with Crippen LogP contribution in [0.3, 0.4) is 0 Å². The summed E-state index contributed by atoms with van der Waals surface area (Å²) in [6, 6.07) is 14.1. The third-order valence-corrected chi connectivity index (χ3v) is 3.92. The number of methoxy groups -OCH3 is 1. The molecule has 0 saturated heterocycles. The lowest BCUT2D eigenvalue weighted by atomic mass is 10.1. The third kappa shape index (κ3) is 4.66. The van der Waals surface area contributed by atoms with Crippen LogP contribution in [0.4, 0.5) is 0 Å². The van der Waals surface area contributed by atoms with Crippen molar-refractivity contribution < 1.29 is 19.1 Å². The highest BCUT2D eigenvalue weighted by Gasteiger charge is 2.19. The van der Waals surface area contributed by atoms with E-state index in [1.165, 1.54) is 0 Å². The lowest BCUT2D eigenvalue weighted by molar-refractivity contribution is -0.145. The van der Waals surface area contributed by atoms with Crippen molar-refractivity contribution in [3.05, 3.63) is 64.1 Å². The first kappa shape index (κ1) is 17.2. The van der Waals surface area contributed by atoms with Crippen molar-refractivity contribution in [3.63, 3.8) is 0 Å². The van der Waals surface area contributed by atoms with Crippen molar-refractivity contribution >= 4 is 27.7 Å². The van der Waals surface area contributed by atoms with E-state index in [0.29, 0.717) is 11.3 Å². The van der Waals surface area contributed by atoms with Crippen LogP contribution in [0.25, 0.3) is 0 Å². The second kappa shape index (κ2) is 7.92. The first-order chi connectivity index (χ1) is 11.0. The number of carbonyl (C=O) groups excluding carboxylic acids is 2. The van der Waals surface area contributed by atoms with Gasteiger partial charge in [-0.15, -0.1) is 0 Å². The number of Topliss-reactive ketones (excluding diaryl/α,β-unsaturated/α-hetero) is 1. The van der Waals surface area contributed by atoms with Crippen LogP contribution >= 0.6 is 15.9 Å². The SMILES string of the molecule is COc1ccc(CC(=O)O[C@@H](C)C(=O)c2ccccc2)cc1Br. The van der Waals surface area contributed by atoms with Gasteiger partial charge in [-0.05, 0) is 40.5 Å². The van der Waals surface area contributed by atoms with Gasteiger partial charge in [-0.2, -0.15) is 0 Å². The molecule has 0 unspecified atom stereocenters. The molecule has 0 heterocycles. The normalized spacial score (nSPS) is 11.6. The second-order valence-electron chi connectivity index (χ2n) is 5.01. The minimum absolute atomic E-state index is 0.0923. The number of halogens is 1. The standard InChI is InChI=1S/C18H17BrO4/c1-12(18(21)14-6-4-3-5-7-14)23-17(20)11-13-8-9-16(22-2)15(19)10-13/h3-10,12H,11H2,1-2H3/t12-/m0/s1. The Kier molecular flexibility index (Phi) is 5.93. The molecule has 0 aliphatic carbocycles. The van der Waals surface area contributed by atoms with Crippen LogP contribution in [-0.2, 0) is 16.0 Å². The molecule has 0 aliphatic rings. The quantitative estimate of drug-likeness (QED) is 0.568. The molecular formula is C18H17BrO4. The molecule has 4 nitrogen and oxygen atoms in total. The van der Waals surface area contributed by atoms with Crippen LogP contribution in [0.5, 0.6) is 5.75 Å². The molecule has 2 rings (SSSR count). The molecule has 0 aliphatic heterocycles. The predicted molar refractivity (Wildman–Crippen MR) is 90.7 cm³/mol. The van der Waals surface area contributed by atoms with Crippen molar-refractivity contribution in [1.29, 1.82) is 0 Å². The zero-order chi connectivity index (χ0) is 16.8. The summed E-state index contributed by atoms with van der Waals surface area (Å²) >= 11 is 3.37. The minimum Gasteiger partial charge on any atom is -0.496 e. The molecule has 120 valence electrons. The van der Waals surface area contributed by atoms with E-state index >= 15 is 0 Å². The summed E-state index contributed by atoms with van der Waals surface area (Å²) in [5.74, 6) is 0.0310. The van der Waals surface area contributed by atoms with E-state index in [2.05, 4.69) is 15.9 Å². The van der Waals surface area contributed by atoms with Gasteiger partial charge in [0.15, 0.2) is 6.10 Å². The molecule has 0 spiro atoms. The van der Waals surface area contributed by atoms with Gasteiger partial charge in [0.25, 0.3) is 0 Å². The van der Waals surface area contributed by atoms with Crippen molar-refractivity contribution in [3.8, 4) is 5.75 Å². The van der Waals surface area contributed by atoms with Crippen LogP contribution < -0.4 is 4.74 Å². The highest BCUT2D eigenvalue weighted by molar-refractivity contribution is 9.10. The van der Waals surface area contributed by atoms with E-state index in [9.17, 15) is 9.59 Å². The summed E-state index contributed by atoms with van der Waals surface area (Å²) in [6.45, 7) is 1.58. The van der Waals surface area contributed by atoms with Gasteiger partial charge in [-0.3, -0.25) is 9.59 Å². The predicted octanol–water partition coefficient (Wildman–Crippen LogP) is 3.81. The van der Waals surface area contributed by atoms with Gasteiger partial charge in [0, 0.05) is 5.56 Å². The Morgan fingerprint density at radius 2 is 1.83 bits per heavy atom. The van der Waals surface area contributed by atoms with E-state index in [1.807, 2.05) is 6.07 Å². The van der Waals surface area contributed by atoms with Crippen LogP contribution in [0.15, 0.2) is 53.0 Å². The number of hydrogen-bond donors (Lipinski definition) is 0. The summed E-state index contributed by atoms with van der Waals surface area (Å²) < 4.78 is 11.1. The number of hydrogen-bond acceptors (Lipinski definition) is 4. The maximum atomic E-state index is 12.2. The zero-order valence-electron chi connectivity index (χ0n) is 12.9. The molecule has 0 radical (unpaired) electrons. The number of esters is 1. The van der Waals surface area contributed by atoms with Crippen molar-refractivity contribution in [2.75, 3.05) is 7.11 Å². The molecule has 23 heavy (non-hydrogen) atoms. The van der Waals surface area contributed by atoms with Crippen LogP contribution in [0.1, 0.15) is 22.8 Å². The van der Waals surface area contributed by atoms with Gasteiger partial charge in [0.05, 0.1) is 18.0 Å². The van der Waals surface area contributed by atoms with Gasteiger partial charge in [-0.1, -0.05) is 36.4 Å². The summed E-state index contributed by atoms with van der Waals surface area (Å²) in [7, 11) is 1.57. The fourth-order valence-electron chi connectivity index (χ4n) is 2.12. The second-order valence-corrected chi connectivity index (χ2v) is 5.86. The molecular weight excluding hydrogens is 360 g/mol. The maximum Gasteiger partial charge on any atom is 0.310 e. The number of ketones is 1. The van der Waals surface area contributed by atoms with Gasteiger partial charge in [-0.25, -0.2) is 0 Å². The van der Waals surface area contributed by atoms with E-state index in [1.54, 1.807) is 56.5 Å². The number of ether oxygens (including phenoxy) is 2. The van der Waals surface area contributed by atoms with Crippen molar-refractivity contribution in [1.82, 2.24) is 0 Å². The van der Waals surface area contributed by atoms with E-state index in [4.69, 9.17) is 9.47 Å². The monoisotopic (exact) mass is 376 g/mol. The third-order valence-electron chi connectivity index (χ3n) is 3.30. The van der Waals surface area contributed by atoms with Gasteiger partial charge in [0.1, 0.15) is 5.75 Å². The average molecular weight is 377 g/mol. The van der Waals surface area contributed by atoms with Crippen molar-refractivity contribution in [2.24, 2.45) is 0 Å². The molecule has 5 heteroatoms.